The molecule has 1 aromatic heterocycles. The van der Waals surface area contributed by atoms with E-state index in [1.165, 1.54) is 0 Å². The molecule has 0 radical (unpaired) electrons. The van der Waals surface area contributed by atoms with Crippen molar-refractivity contribution >= 4 is 18.0 Å². The van der Waals surface area contributed by atoms with Crippen LogP contribution < -0.4 is 5.73 Å². The van der Waals surface area contributed by atoms with E-state index in [2.05, 4.69) is 0 Å². The summed E-state index contributed by atoms with van der Waals surface area (Å²) >= 11 is 0. The number of carboxylic acid groups (broad SMARTS) is 1. The predicted molar refractivity (Wildman–Crippen MR) is 73.9 cm³/mol. The number of nitriles is 1. The van der Waals surface area contributed by atoms with Crippen LogP contribution in [0.5, 0.6) is 0 Å². The lowest BCUT2D eigenvalue weighted by molar-refractivity contribution is -0.132. The van der Waals surface area contributed by atoms with Crippen LogP contribution in [0.2, 0.25) is 0 Å². The van der Waals surface area contributed by atoms with E-state index in [1.54, 1.807) is 42.5 Å². The summed E-state index contributed by atoms with van der Waals surface area (Å²) < 4.78 is 5.45. The zero-order chi connectivity index (χ0) is 15.4. The number of benzene rings is 1. The zero-order valence-corrected chi connectivity index (χ0v) is 10.7. The van der Waals surface area contributed by atoms with Crippen LogP contribution in [-0.4, -0.2) is 17.0 Å². The number of nitrogens with two attached hydrogens (primary N) is 1. The number of hydrogen-bond acceptors (Lipinski definition) is 4. The average Bonchev–Trinajstić information content (AvgIpc) is 2.93. The Morgan fingerprint density at radius 2 is 1.86 bits per heavy atom. The number of primary amides is 1. The number of carbonyl (C=O) groups excluding carboxylic acids is 1. The fourth-order valence-electron chi connectivity index (χ4n) is 1.67. The van der Waals surface area contributed by atoms with Crippen LogP contribution in [0.3, 0.4) is 0 Å². The van der Waals surface area contributed by atoms with Crippen molar-refractivity contribution < 1.29 is 19.1 Å². The lowest BCUT2D eigenvalue weighted by Crippen LogP contribution is -2.10. The number of carboxylic acids is 1. The lowest BCUT2D eigenvalue weighted by atomic mass is 10.1. The molecule has 6 heteroatoms. The van der Waals surface area contributed by atoms with Crippen LogP contribution in [0.1, 0.15) is 16.1 Å². The number of nitrogens with zero attached hydrogens (tertiary/aromatic N) is 1. The van der Waals surface area contributed by atoms with E-state index in [0.717, 1.165) is 6.08 Å². The molecular formula is C15H10N2O4. The SMILES string of the molecule is N#CC(=Cc1ccc(-c2ccc(C(N)=O)cc2)o1)C(=O)O. The van der Waals surface area contributed by atoms with Crippen LogP contribution in [-0.2, 0) is 4.79 Å². The predicted octanol–water partition coefficient (Wildman–Crippen LogP) is 2.04. The third-order valence-electron chi connectivity index (χ3n) is 2.72. The zero-order valence-electron chi connectivity index (χ0n) is 10.7. The van der Waals surface area contributed by atoms with E-state index in [9.17, 15) is 9.59 Å². The molecule has 0 aliphatic rings. The minimum Gasteiger partial charge on any atom is -0.477 e. The molecule has 1 amide bonds. The summed E-state index contributed by atoms with van der Waals surface area (Å²) in [6, 6.07) is 11.2. The minimum atomic E-state index is -1.32. The van der Waals surface area contributed by atoms with Crippen molar-refractivity contribution in [3.05, 3.63) is 53.3 Å². The second kappa shape index (κ2) is 5.75. The van der Waals surface area contributed by atoms with Gasteiger partial charge in [-0.3, -0.25) is 4.79 Å². The van der Waals surface area contributed by atoms with Crippen molar-refractivity contribution in [3.8, 4) is 17.4 Å². The number of aliphatic carboxylic acids is 1. The van der Waals surface area contributed by atoms with Gasteiger partial charge in [-0.25, -0.2) is 4.79 Å². The number of hydrogen-bond donors (Lipinski definition) is 2. The molecule has 2 aromatic rings. The van der Waals surface area contributed by atoms with Crippen LogP contribution in [0, 0.1) is 11.3 Å². The summed E-state index contributed by atoms with van der Waals surface area (Å²) in [5.41, 5.74) is 5.81. The Morgan fingerprint density at radius 1 is 1.19 bits per heavy atom. The third-order valence-corrected chi connectivity index (χ3v) is 2.72. The fraction of sp³-hybridized carbons (Fsp3) is 0. The molecule has 0 aliphatic heterocycles. The number of amides is 1. The van der Waals surface area contributed by atoms with Gasteiger partial charge in [0, 0.05) is 17.2 Å². The Morgan fingerprint density at radius 3 is 2.38 bits per heavy atom. The van der Waals surface area contributed by atoms with Crippen LogP contribution in [0.4, 0.5) is 0 Å². The summed E-state index contributed by atoms with van der Waals surface area (Å²) in [5.74, 6) is -1.10. The first kappa shape index (κ1) is 14.1. The van der Waals surface area contributed by atoms with Gasteiger partial charge < -0.3 is 15.3 Å². The maximum Gasteiger partial charge on any atom is 0.346 e. The van der Waals surface area contributed by atoms with Gasteiger partial charge >= 0.3 is 5.97 Å². The molecule has 0 unspecified atom stereocenters. The number of carbonyl (C=O) groups is 2. The highest BCUT2D eigenvalue weighted by molar-refractivity contribution is 5.96. The molecule has 21 heavy (non-hydrogen) atoms. The van der Waals surface area contributed by atoms with Crippen molar-refractivity contribution in [2.75, 3.05) is 0 Å². The van der Waals surface area contributed by atoms with E-state index in [1.807, 2.05) is 0 Å². The van der Waals surface area contributed by atoms with Gasteiger partial charge in [0.05, 0.1) is 0 Å². The second-order valence-corrected chi connectivity index (χ2v) is 4.12. The van der Waals surface area contributed by atoms with Gasteiger partial charge in [0.15, 0.2) is 0 Å². The van der Waals surface area contributed by atoms with Gasteiger partial charge in [0.2, 0.25) is 5.91 Å². The lowest BCUT2D eigenvalue weighted by Gasteiger charge is -1.98. The molecule has 0 spiro atoms. The highest BCUT2D eigenvalue weighted by atomic mass is 16.4. The maximum atomic E-state index is 11.0. The Hall–Kier alpha value is -3.33. The first-order valence-electron chi connectivity index (χ1n) is 5.86. The van der Waals surface area contributed by atoms with Gasteiger partial charge in [-0.2, -0.15) is 5.26 Å². The normalized spacial score (nSPS) is 10.9. The van der Waals surface area contributed by atoms with E-state index in [-0.39, 0.29) is 5.76 Å². The second-order valence-electron chi connectivity index (χ2n) is 4.12. The third kappa shape index (κ3) is 3.16. The van der Waals surface area contributed by atoms with Crippen molar-refractivity contribution in [1.29, 1.82) is 5.26 Å². The van der Waals surface area contributed by atoms with Crippen LogP contribution in [0.25, 0.3) is 17.4 Å². The molecule has 3 N–H and O–H groups in total. The molecule has 2 rings (SSSR count). The van der Waals surface area contributed by atoms with E-state index in [4.69, 9.17) is 20.5 Å². The van der Waals surface area contributed by atoms with Gasteiger partial charge in [-0.15, -0.1) is 0 Å². The number of rotatable bonds is 4. The van der Waals surface area contributed by atoms with Crippen LogP contribution in [0.15, 0.2) is 46.4 Å². The highest BCUT2D eigenvalue weighted by Crippen LogP contribution is 2.23. The Kier molecular flexibility index (Phi) is 3.86. The monoisotopic (exact) mass is 282 g/mol. The first-order chi connectivity index (χ1) is 10.0. The Balaban J connectivity index is 2.30. The smallest absolute Gasteiger partial charge is 0.346 e. The molecule has 0 saturated heterocycles. The molecule has 1 aromatic carbocycles. The van der Waals surface area contributed by atoms with Gasteiger partial charge in [0.1, 0.15) is 23.2 Å². The average molecular weight is 282 g/mol. The highest BCUT2D eigenvalue weighted by Gasteiger charge is 2.09. The van der Waals surface area contributed by atoms with Gasteiger partial charge in [0.25, 0.3) is 0 Å². The molecule has 0 fully saturated rings. The van der Waals surface area contributed by atoms with Gasteiger partial charge in [-0.05, 0) is 24.3 Å². The molecule has 6 nitrogen and oxygen atoms in total. The molecule has 0 atom stereocenters. The van der Waals surface area contributed by atoms with Crippen molar-refractivity contribution in [2.24, 2.45) is 5.73 Å². The largest absolute Gasteiger partial charge is 0.477 e. The van der Waals surface area contributed by atoms with Crippen molar-refractivity contribution in [2.45, 2.75) is 0 Å². The molecule has 1 heterocycles. The quantitative estimate of drug-likeness (QED) is 0.657. The molecule has 104 valence electrons. The summed E-state index contributed by atoms with van der Waals surface area (Å²) in [6.07, 6.45) is 1.14. The summed E-state index contributed by atoms with van der Waals surface area (Å²) in [4.78, 5) is 21.7. The van der Waals surface area contributed by atoms with Crippen LogP contribution >= 0.6 is 0 Å². The minimum absolute atomic E-state index is 0.253. The van der Waals surface area contributed by atoms with E-state index in [0.29, 0.717) is 16.9 Å². The maximum absolute atomic E-state index is 11.0. The molecular weight excluding hydrogens is 272 g/mol. The molecule has 0 bridgehead atoms. The summed E-state index contributed by atoms with van der Waals surface area (Å²) in [5, 5.41) is 17.4. The van der Waals surface area contributed by atoms with E-state index < -0.39 is 17.4 Å². The summed E-state index contributed by atoms with van der Waals surface area (Å²) in [7, 11) is 0. The standard InChI is InChI=1S/C15H10N2O4/c16-8-11(15(19)20)7-12-5-6-13(21-12)9-1-3-10(4-2-9)14(17)18/h1-7H,(H2,17,18)(H,19,20). The first-order valence-corrected chi connectivity index (χ1v) is 5.86. The van der Waals surface area contributed by atoms with Gasteiger partial charge in [-0.1, -0.05) is 12.1 Å². The molecule has 0 aliphatic carbocycles. The number of furan rings is 1. The Labute approximate surface area is 119 Å². The fourth-order valence-corrected chi connectivity index (χ4v) is 1.67. The topological polar surface area (TPSA) is 117 Å². The van der Waals surface area contributed by atoms with E-state index >= 15 is 0 Å². The van der Waals surface area contributed by atoms with Crippen molar-refractivity contribution in [3.63, 3.8) is 0 Å². The Bertz CT molecular complexity index is 764. The summed E-state index contributed by atoms with van der Waals surface area (Å²) in [6.45, 7) is 0. The molecule has 0 saturated carbocycles. The van der Waals surface area contributed by atoms with Crippen molar-refractivity contribution in [1.82, 2.24) is 0 Å².